The normalized spacial score (nSPS) is 13.8. The monoisotopic (exact) mass is 324 g/mol. The number of nitrogens with zero attached hydrogens (tertiary/aromatic N) is 4. The van der Waals surface area contributed by atoms with Gasteiger partial charge in [-0.15, -0.1) is 0 Å². The summed E-state index contributed by atoms with van der Waals surface area (Å²) >= 11 is 0. The molecule has 0 amide bonds. The van der Waals surface area contributed by atoms with Crippen LogP contribution in [0.25, 0.3) is 0 Å². The Hall–Kier alpha value is -2.36. The smallest absolute Gasteiger partial charge is 0.240 e. The first-order chi connectivity index (χ1) is 11.6. The molecule has 0 radical (unpaired) electrons. The first-order valence-corrected chi connectivity index (χ1v) is 8.78. The number of imidazole rings is 2. The minimum absolute atomic E-state index is 0.362. The van der Waals surface area contributed by atoms with Crippen molar-refractivity contribution in [2.45, 2.75) is 38.8 Å². The standard InChI is InChI=1S/C20H28N4/c1-5-19(23-13-11-21(3)15-23)17-9-7-8-10-18(17)20(6-2)24-14-12-22(4)16-24/h7-16,19-20H,5-6H2,1-4H3/q+2/t19-,20-/m1/s1. The number of rotatable bonds is 6. The molecule has 3 rings (SSSR count). The van der Waals surface area contributed by atoms with Crippen molar-refractivity contribution in [3.05, 3.63) is 72.8 Å². The molecule has 2 aromatic heterocycles. The predicted octanol–water partition coefficient (Wildman–Crippen LogP) is 2.94. The van der Waals surface area contributed by atoms with Gasteiger partial charge < -0.3 is 0 Å². The summed E-state index contributed by atoms with van der Waals surface area (Å²) in [6.45, 7) is 4.52. The van der Waals surface area contributed by atoms with E-state index in [0.717, 1.165) is 12.8 Å². The van der Waals surface area contributed by atoms with Crippen molar-refractivity contribution in [2.75, 3.05) is 0 Å². The lowest BCUT2D eigenvalue weighted by atomic mass is 9.92. The summed E-state index contributed by atoms with van der Waals surface area (Å²) < 4.78 is 8.85. The summed E-state index contributed by atoms with van der Waals surface area (Å²) in [6.07, 6.45) is 15.0. The van der Waals surface area contributed by atoms with Crippen LogP contribution in [0.2, 0.25) is 0 Å². The summed E-state index contributed by atoms with van der Waals surface area (Å²) in [7, 11) is 4.15. The fourth-order valence-electron chi connectivity index (χ4n) is 3.61. The molecule has 2 atom stereocenters. The van der Waals surface area contributed by atoms with E-state index in [9.17, 15) is 0 Å². The van der Waals surface area contributed by atoms with Crippen molar-refractivity contribution >= 4 is 0 Å². The lowest BCUT2D eigenvalue weighted by Crippen LogP contribution is -2.25. The highest BCUT2D eigenvalue weighted by atomic mass is 15.1. The van der Waals surface area contributed by atoms with Gasteiger partial charge in [0.25, 0.3) is 0 Å². The zero-order valence-electron chi connectivity index (χ0n) is 15.1. The van der Waals surface area contributed by atoms with Crippen LogP contribution in [-0.2, 0) is 14.1 Å². The molecule has 24 heavy (non-hydrogen) atoms. The second-order valence-corrected chi connectivity index (χ2v) is 6.53. The molecule has 126 valence electrons. The first-order valence-electron chi connectivity index (χ1n) is 8.78. The first kappa shape index (κ1) is 16.5. The van der Waals surface area contributed by atoms with E-state index >= 15 is 0 Å². The maximum Gasteiger partial charge on any atom is 0.244 e. The van der Waals surface area contributed by atoms with Crippen molar-refractivity contribution in [3.8, 4) is 0 Å². The highest BCUT2D eigenvalue weighted by Gasteiger charge is 2.26. The van der Waals surface area contributed by atoms with Crippen molar-refractivity contribution in [2.24, 2.45) is 14.1 Å². The van der Waals surface area contributed by atoms with Crippen LogP contribution in [0.4, 0.5) is 0 Å². The molecule has 0 unspecified atom stereocenters. The third-order valence-corrected chi connectivity index (χ3v) is 4.79. The van der Waals surface area contributed by atoms with Gasteiger partial charge in [0.05, 0.1) is 14.1 Å². The molecule has 0 fully saturated rings. The highest BCUT2D eigenvalue weighted by Crippen LogP contribution is 2.32. The molecule has 3 aromatic rings. The lowest BCUT2D eigenvalue weighted by Gasteiger charge is -2.20. The summed E-state index contributed by atoms with van der Waals surface area (Å²) in [5.74, 6) is 0. The minimum atomic E-state index is 0.362. The topological polar surface area (TPSA) is 17.6 Å². The van der Waals surface area contributed by atoms with E-state index in [0.29, 0.717) is 12.1 Å². The van der Waals surface area contributed by atoms with Crippen molar-refractivity contribution in [1.82, 2.24) is 9.13 Å². The van der Waals surface area contributed by atoms with Crippen LogP contribution in [0.5, 0.6) is 0 Å². The quantitative estimate of drug-likeness (QED) is 0.621. The molecule has 0 spiro atoms. The Morgan fingerprint density at radius 2 is 1.21 bits per heavy atom. The number of hydrogen-bond acceptors (Lipinski definition) is 0. The van der Waals surface area contributed by atoms with Gasteiger partial charge >= 0.3 is 0 Å². The molecule has 2 heterocycles. The van der Waals surface area contributed by atoms with Gasteiger partial charge in [0.15, 0.2) is 0 Å². The zero-order chi connectivity index (χ0) is 17.1. The fraction of sp³-hybridized carbons (Fsp3) is 0.400. The molecule has 4 nitrogen and oxygen atoms in total. The molecule has 1 aromatic carbocycles. The highest BCUT2D eigenvalue weighted by molar-refractivity contribution is 5.33. The van der Waals surface area contributed by atoms with Crippen molar-refractivity contribution in [3.63, 3.8) is 0 Å². The van der Waals surface area contributed by atoms with Gasteiger partial charge in [-0.2, -0.15) is 0 Å². The SMILES string of the molecule is CC[C@H](c1ccccc1[C@@H](CC)n1cc[n+](C)c1)n1cc[n+](C)c1. The van der Waals surface area contributed by atoms with Crippen LogP contribution < -0.4 is 9.13 Å². The Kier molecular flexibility index (Phi) is 4.84. The molecule has 0 aliphatic carbocycles. The average Bonchev–Trinajstić information content (AvgIpc) is 3.19. The van der Waals surface area contributed by atoms with Crippen LogP contribution in [0.1, 0.15) is 49.9 Å². The van der Waals surface area contributed by atoms with E-state index in [1.54, 1.807) is 0 Å². The molecule has 0 N–H and O–H groups in total. The van der Waals surface area contributed by atoms with Gasteiger partial charge in [-0.3, -0.25) is 0 Å². The van der Waals surface area contributed by atoms with E-state index in [1.165, 1.54) is 11.1 Å². The minimum Gasteiger partial charge on any atom is -0.240 e. The molecule has 0 aliphatic heterocycles. The Labute approximate surface area is 144 Å². The van der Waals surface area contributed by atoms with E-state index in [1.807, 2.05) is 0 Å². The number of aryl methyl sites for hydroxylation is 2. The van der Waals surface area contributed by atoms with Crippen molar-refractivity contribution in [1.29, 1.82) is 0 Å². The largest absolute Gasteiger partial charge is 0.244 e. The summed E-state index contributed by atoms with van der Waals surface area (Å²) in [5.41, 5.74) is 2.83. The maximum absolute atomic E-state index is 2.32. The fourth-order valence-corrected chi connectivity index (χ4v) is 3.61. The van der Waals surface area contributed by atoms with E-state index in [2.05, 4.69) is 108 Å². The second-order valence-electron chi connectivity index (χ2n) is 6.53. The van der Waals surface area contributed by atoms with Crippen LogP contribution in [0.15, 0.2) is 61.7 Å². The molecular weight excluding hydrogens is 296 g/mol. The van der Waals surface area contributed by atoms with Gasteiger partial charge in [-0.05, 0) is 12.8 Å². The molecule has 0 saturated carbocycles. The van der Waals surface area contributed by atoms with Crippen LogP contribution in [0, 0.1) is 0 Å². The number of hydrogen-bond donors (Lipinski definition) is 0. The third-order valence-electron chi connectivity index (χ3n) is 4.79. The molecule has 0 aliphatic rings. The van der Waals surface area contributed by atoms with Gasteiger partial charge in [0, 0.05) is 11.1 Å². The molecule has 4 heteroatoms. The summed E-state index contributed by atoms with van der Waals surface area (Å²) in [6, 6.07) is 9.62. The zero-order valence-corrected chi connectivity index (χ0v) is 15.1. The predicted molar refractivity (Wildman–Crippen MR) is 94.5 cm³/mol. The van der Waals surface area contributed by atoms with Gasteiger partial charge in [-0.25, -0.2) is 18.3 Å². The van der Waals surface area contributed by atoms with E-state index in [-0.39, 0.29) is 0 Å². The number of benzene rings is 1. The Balaban J connectivity index is 2.06. The maximum atomic E-state index is 2.32. The van der Waals surface area contributed by atoms with Crippen LogP contribution in [0.3, 0.4) is 0 Å². The summed E-state index contributed by atoms with van der Waals surface area (Å²) in [4.78, 5) is 0. The Bertz CT molecular complexity index is 732. The van der Waals surface area contributed by atoms with Gasteiger partial charge in [0.1, 0.15) is 36.9 Å². The van der Waals surface area contributed by atoms with Crippen LogP contribution >= 0.6 is 0 Å². The van der Waals surface area contributed by atoms with Gasteiger partial charge in [-0.1, -0.05) is 38.1 Å². The molecule has 0 bridgehead atoms. The Morgan fingerprint density at radius 1 is 0.792 bits per heavy atom. The van der Waals surface area contributed by atoms with Crippen LogP contribution in [-0.4, -0.2) is 9.13 Å². The number of aromatic nitrogens is 4. The van der Waals surface area contributed by atoms with Crippen molar-refractivity contribution < 1.29 is 9.13 Å². The van der Waals surface area contributed by atoms with Gasteiger partial charge in [0.2, 0.25) is 12.7 Å². The molecular formula is C20H28N4+2. The average molecular weight is 324 g/mol. The Morgan fingerprint density at radius 3 is 1.50 bits per heavy atom. The lowest BCUT2D eigenvalue weighted by molar-refractivity contribution is -0.671. The summed E-state index contributed by atoms with van der Waals surface area (Å²) in [5, 5.41) is 0. The van der Waals surface area contributed by atoms with E-state index in [4.69, 9.17) is 0 Å². The molecule has 0 saturated heterocycles. The van der Waals surface area contributed by atoms with E-state index < -0.39 is 0 Å². The third kappa shape index (κ3) is 3.14. The second kappa shape index (κ2) is 7.04.